The molecule has 0 aliphatic carbocycles. The van der Waals surface area contributed by atoms with Crippen LogP contribution in [0.25, 0.3) is 16.7 Å². The molecule has 1 aliphatic heterocycles. The Morgan fingerprint density at radius 3 is 2.86 bits per heavy atom. The third-order valence-corrected chi connectivity index (χ3v) is 7.42. The number of hydrogen-bond acceptors (Lipinski definition) is 7. The van der Waals surface area contributed by atoms with E-state index in [9.17, 15) is 18.0 Å². The summed E-state index contributed by atoms with van der Waals surface area (Å²) < 4.78 is 26.3. The van der Waals surface area contributed by atoms with E-state index in [0.29, 0.717) is 28.3 Å². The summed E-state index contributed by atoms with van der Waals surface area (Å²) in [4.78, 5) is 25.0. The van der Waals surface area contributed by atoms with Crippen molar-refractivity contribution in [1.82, 2.24) is 24.5 Å². The SMILES string of the molecule is C=CCn1c(=O)c2ccccc2n2c(SCC(=O)NC3CCS(=O)(=O)C3)nnc12. The van der Waals surface area contributed by atoms with Crippen LogP contribution in [0.5, 0.6) is 0 Å². The molecular formula is C18H19N5O4S2. The number of allylic oxidation sites excluding steroid dienone is 1. The van der Waals surface area contributed by atoms with Crippen molar-refractivity contribution in [1.29, 1.82) is 0 Å². The van der Waals surface area contributed by atoms with Gasteiger partial charge in [0.1, 0.15) is 0 Å². The van der Waals surface area contributed by atoms with Gasteiger partial charge in [-0.25, -0.2) is 8.42 Å². The second-order valence-corrected chi connectivity index (χ2v) is 9.97. The monoisotopic (exact) mass is 433 g/mol. The van der Waals surface area contributed by atoms with Crippen molar-refractivity contribution in [2.75, 3.05) is 17.3 Å². The maximum atomic E-state index is 12.8. The molecule has 1 aromatic carbocycles. The zero-order chi connectivity index (χ0) is 20.6. The topological polar surface area (TPSA) is 115 Å². The molecule has 1 saturated heterocycles. The molecule has 1 N–H and O–H groups in total. The zero-order valence-electron chi connectivity index (χ0n) is 15.4. The lowest BCUT2D eigenvalue weighted by atomic mass is 10.2. The van der Waals surface area contributed by atoms with Crippen molar-refractivity contribution in [2.45, 2.75) is 24.2 Å². The molecule has 29 heavy (non-hydrogen) atoms. The van der Waals surface area contributed by atoms with Crippen molar-refractivity contribution < 1.29 is 13.2 Å². The lowest BCUT2D eigenvalue weighted by molar-refractivity contribution is -0.119. The minimum absolute atomic E-state index is 0.0181. The Balaban J connectivity index is 1.62. The standard InChI is InChI=1S/C18H19N5O4S2/c1-2-8-22-16(25)13-5-3-4-6-14(13)23-17(22)20-21-18(23)28-10-15(24)19-12-7-9-29(26,27)11-12/h2-6,12H,1,7-11H2,(H,19,24). The molecule has 1 aliphatic rings. The molecule has 9 nitrogen and oxygen atoms in total. The number of thioether (sulfide) groups is 1. The van der Waals surface area contributed by atoms with Crippen molar-refractivity contribution in [3.05, 3.63) is 47.3 Å². The summed E-state index contributed by atoms with van der Waals surface area (Å²) in [5.41, 5.74) is 0.472. The number of para-hydroxylation sites is 1. The molecule has 0 radical (unpaired) electrons. The zero-order valence-corrected chi connectivity index (χ0v) is 17.1. The van der Waals surface area contributed by atoms with E-state index < -0.39 is 9.84 Å². The highest BCUT2D eigenvalue weighted by Gasteiger charge is 2.29. The van der Waals surface area contributed by atoms with E-state index in [1.165, 1.54) is 16.3 Å². The summed E-state index contributed by atoms with van der Waals surface area (Å²) in [6.07, 6.45) is 2.05. The maximum Gasteiger partial charge on any atom is 0.263 e. The number of sulfone groups is 1. The van der Waals surface area contributed by atoms with Crippen molar-refractivity contribution in [3.63, 3.8) is 0 Å². The van der Waals surface area contributed by atoms with Crippen LogP contribution in [-0.2, 0) is 21.2 Å². The summed E-state index contributed by atoms with van der Waals surface area (Å²) in [5, 5.41) is 12.1. The highest BCUT2D eigenvalue weighted by Crippen LogP contribution is 2.21. The van der Waals surface area contributed by atoms with E-state index in [-0.39, 0.29) is 41.3 Å². The Hall–Kier alpha value is -2.66. The maximum absolute atomic E-state index is 12.8. The van der Waals surface area contributed by atoms with Crippen molar-refractivity contribution >= 4 is 44.2 Å². The van der Waals surface area contributed by atoms with Gasteiger partial charge in [0.25, 0.3) is 5.56 Å². The van der Waals surface area contributed by atoms with E-state index in [0.717, 1.165) is 0 Å². The average Bonchev–Trinajstić information content (AvgIpc) is 3.26. The highest BCUT2D eigenvalue weighted by atomic mass is 32.2. The molecule has 0 spiro atoms. The Labute approximate surface area is 170 Å². The van der Waals surface area contributed by atoms with E-state index in [1.54, 1.807) is 28.7 Å². The van der Waals surface area contributed by atoms with Crippen molar-refractivity contribution in [3.8, 4) is 0 Å². The van der Waals surface area contributed by atoms with E-state index >= 15 is 0 Å². The molecule has 1 amide bonds. The van der Waals surface area contributed by atoms with Crippen LogP contribution < -0.4 is 10.9 Å². The van der Waals surface area contributed by atoms with Crippen LogP contribution in [0, 0.1) is 0 Å². The van der Waals surface area contributed by atoms with Crippen LogP contribution in [0.3, 0.4) is 0 Å². The molecule has 2 aromatic heterocycles. The van der Waals surface area contributed by atoms with Gasteiger partial charge in [0.15, 0.2) is 15.0 Å². The molecule has 3 aromatic rings. The Kier molecular flexibility index (Phi) is 5.17. The molecule has 4 rings (SSSR count). The van der Waals surface area contributed by atoms with Gasteiger partial charge in [0, 0.05) is 12.6 Å². The predicted octanol–water partition coefficient (Wildman–Crippen LogP) is 0.626. The number of aromatic nitrogens is 4. The third-order valence-electron chi connectivity index (χ3n) is 4.72. The van der Waals surface area contributed by atoms with Crippen LogP contribution in [0.4, 0.5) is 0 Å². The van der Waals surface area contributed by atoms with E-state index in [4.69, 9.17) is 0 Å². The van der Waals surface area contributed by atoms with Crippen LogP contribution in [0.2, 0.25) is 0 Å². The number of nitrogens with zero attached hydrogens (tertiary/aromatic N) is 4. The number of carbonyl (C=O) groups excluding carboxylic acids is 1. The van der Waals surface area contributed by atoms with Gasteiger partial charge < -0.3 is 5.32 Å². The lowest BCUT2D eigenvalue weighted by Gasteiger charge is -2.11. The molecule has 1 unspecified atom stereocenters. The Morgan fingerprint density at radius 1 is 1.34 bits per heavy atom. The third kappa shape index (κ3) is 3.79. The van der Waals surface area contributed by atoms with Crippen LogP contribution in [0.1, 0.15) is 6.42 Å². The molecule has 0 saturated carbocycles. The molecule has 152 valence electrons. The van der Waals surface area contributed by atoms with Gasteiger partial charge in [-0.05, 0) is 18.6 Å². The largest absolute Gasteiger partial charge is 0.352 e. The molecular weight excluding hydrogens is 414 g/mol. The van der Waals surface area contributed by atoms with E-state index in [1.807, 2.05) is 6.07 Å². The summed E-state index contributed by atoms with van der Waals surface area (Å²) in [7, 11) is -3.06. The van der Waals surface area contributed by atoms with Gasteiger partial charge in [0.2, 0.25) is 11.7 Å². The number of nitrogens with one attached hydrogen (secondary N) is 1. The Morgan fingerprint density at radius 2 is 2.14 bits per heavy atom. The van der Waals surface area contributed by atoms with Gasteiger partial charge in [-0.1, -0.05) is 30.0 Å². The van der Waals surface area contributed by atoms with Gasteiger partial charge in [-0.2, -0.15) is 0 Å². The fraction of sp³-hybridized carbons (Fsp3) is 0.333. The number of amides is 1. The first kappa shape index (κ1) is 19.6. The second kappa shape index (κ2) is 7.64. The first-order chi connectivity index (χ1) is 13.9. The lowest BCUT2D eigenvalue weighted by Crippen LogP contribution is -2.36. The normalized spacial score (nSPS) is 18.3. The molecule has 1 atom stereocenters. The smallest absolute Gasteiger partial charge is 0.263 e. The number of benzene rings is 1. The van der Waals surface area contributed by atoms with Gasteiger partial charge >= 0.3 is 0 Å². The summed E-state index contributed by atoms with van der Waals surface area (Å²) in [6, 6.07) is 6.80. The number of carbonyl (C=O) groups is 1. The molecule has 1 fully saturated rings. The van der Waals surface area contributed by atoms with Gasteiger partial charge in [-0.3, -0.25) is 18.6 Å². The highest BCUT2D eigenvalue weighted by molar-refractivity contribution is 7.99. The van der Waals surface area contributed by atoms with Gasteiger partial charge in [0.05, 0.1) is 28.2 Å². The van der Waals surface area contributed by atoms with Crippen LogP contribution in [-0.4, -0.2) is 56.8 Å². The second-order valence-electron chi connectivity index (χ2n) is 6.80. The number of rotatable bonds is 6. The van der Waals surface area contributed by atoms with E-state index in [2.05, 4.69) is 22.1 Å². The van der Waals surface area contributed by atoms with Gasteiger partial charge in [-0.15, -0.1) is 16.8 Å². The minimum atomic E-state index is -3.06. The Bertz CT molecular complexity index is 1280. The quantitative estimate of drug-likeness (QED) is 0.448. The first-order valence-electron chi connectivity index (χ1n) is 9.00. The van der Waals surface area contributed by atoms with Crippen molar-refractivity contribution in [2.24, 2.45) is 0 Å². The molecule has 11 heteroatoms. The first-order valence-corrected chi connectivity index (χ1v) is 11.8. The number of hydrogen-bond donors (Lipinski definition) is 1. The summed E-state index contributed by atoms with van der Waals surface area (Å²) in [5.74, 6) is 0.255. The predicted molar refractivity (Wildman–Crippen MR) is 111 cm³/mol. The molecule has 3 heterocycles. The summed E-state index contributed by atoms with van der Waals surface area (Å²) in [6.45, 7) is 3.98. The number of fused-ring (bicyclic) bond motifs is 3. The minimum Gasteiger partial charge on any atom is -0.352 e. The fourth-order valence-electron chi connectivity index (χ4n) is 3.43. The fourth-order valence-corrected chi connectivity index (χ4v) is 5.85. The average molecular weight is 434 g/mol. The molecule has 0 bridgehead atoms. The van der Waals surface area contributed by atoms with Crippen LogP contribution in [0.15, 0.2) is 46.9 Å². The van der Waals surface area contributed by atoms with Crippen LogP contribution >= 0.6 is 11.8 Å². The summed E-state index contributed by atoms with van der Waals surface area (Å²) >= 11 is 1.18.